The molecule has 0 heterocycles. The molecule has 0 radical (unpaired) electrons. The second kappa shape index (κ2) is 6.61. The molecule has 18 heavy (non-hydrogen) atoms. The Bertz CT molecular complexity index is 294. The number of nitrogens with zero attached hydrogens (tertiary/aromatic N) is 1. The van der Waals surface area contributed by atoms with Crippen molar-refractivity contribution in [2.75, 3.05) is 13.6 Å². The van der Waals surface area contributed by atoms with Crippen molar-refractivity contribution in [2.24, 2.45) is 11.8 Å². The number of carboxylic acid groups (broad SMARTS) is 1. The van der Waals surface area contributed by atoms with E-state index in [2.05, 4.69) is 0 Å². The summed E-state index contributed by atoms with van der Waals surface area (Å²) in [5.74, 6) is -1.15. The molecule has 0 fully saturated rings. The molecule has 0 rings (SSSR count). The van der Waals surface area contributed by atoms with Gasteiger partial charge in [0.15, 0.2) is 0 Å². The Balaban J connectivity index is 4.46. The number of carboxylic acids is 1. The minimum absolute atomic E-state index is 0.169. The molecule has 0 aromatic rings. The van der Waals surface area contributed by atoms with Gasteiger partial charge in [-0.1, -0.05) is 13.8 Å². The topological polar surface area (TPSA) is 66.8 Å². The Kier molecular flexibility index (Phi) is 6.15. The first-order valence-electron chi connectivity index (χ1n) is 6.20. The molecule has 0 saturated carbocycles. The van der Waals surface area contributed by atoms with Crippen molar-refractivity contribution in [1.29, 1.82) is 0 Å². The van der Waals surface area contributed by atoms with Crippen molar-refractivity contribution in [1.82, 2.24) is 4.90 Å². The molecule has 1 N–H and O–H groups in total. The lowest BCUT2D eigenvalue weighted by Crippen LogP contribution is -2.39. The third-order valence-electron chi connectivity index (χ3n) is 2.30. The lowest BCUT2D eigenvalue weighted by Gasteiger charge is -2.26. The van der Waals surface area contributed by atoms with Crippen LogP contribution < -0.4 is 0 Å². The second-order valence-electron chi connectivity index (χ2n) is 6.03. The van der Waals surface area contributed by atoms with Gasteiger partial charge < -0.3 is 14.7 Å². The van der Waals surface area contributed by atoms with Crippen LogP contribution in [0.25, 0.3) is 0 Å². The van der Waals surface area contributed by atoms with E-state index in [0.717, 1.165) is 0 Å². The molecular formula is C13H25NO4. The van der Waals surface area contributed by atoms with Crippen LogP contribution in [0.3, 0.4) is 0 Å². The maximum Gasteiger partial charge on any atom is 0.410 e. The summed E-state index contributed by atoms with van der Waals surface area (Å²) in [7, 11) is 1.56. The molecule has 1 amide bonds. The molecule has 0 saturated heterocycles. The first-order valence-corrected chi connectivity index (χ1v) is 6.20. The van der Waals surface area contributed by atoms with Gasteiger partial charge in [-0.05, 0) is 33.1 Å². The van der Waals surface area contributed by atoms with Gasteiger partial charge >= 0.3 is 12.1 Å². The van der Waals surface area contributed by atoms with Crippen LogP contribution in [0.5, 0.6) is 0 Å². The molecule has 0 bridgehead atoms. The van der Waals surface area contributed by atoms with Gasteiger partial charge in [-0.3, -0.25) is 4.79 Å². The van der Waals surface area contributed by atoms with Crippen molar-refractivity contribution in [3.05, 3.63) is 0 Å². The molecule has 0 aliphatic carbocycles. The molecule has 5 heteroatoms. The molecule has 106 valence electrons. The number of hydrogen-bond donors (Lipinski definition) is 1. The lowest BCUT2D eigenvalue weighted by atomic mass is 9.97. The number of hydrogen-bond acceptors (Lipinski definition) is 3. The van der Waals surface area contributed by atoms with E-state index in [1.54, 1.807) is 27.8 Å². The maximum atomic E-state index is 11.7. The Hall–Kier alpha value is -1.26. The third kappa shape index (κ3) is 7.14. The molecule has 0 aliphatic heterocycles. The van der Waals surface area contributed by atoms with Crippen LogP contribution in [-0.4, -0.2) is 41.3 Å². The number of amides is 1. The standard InChI is InChI=1S/C13H25NO4/c1-9(2)7-10(11(15)16)8-14(6)12(17)18-13(3,4)5/h9-10H,7-8H2,1-6H3,(H,15,16)/t10-/m0/s1. The van der Waals surface area contributed by atoms with Crippen molar-refractivity contribution in [2.45, 2.75) is 46.6 Å². The number of aliphatic carboxylic acids is 1. The summed E-state index contributed by atoms with van der Waals surface area (Å²) < 4.78 is 5.18. The van der Waals surface area contributed by atoms with Crippen LogP contribution in [0.2, 0.25) is 0 Å². The zero-order valence-corrected chi connectivity index (χ0v) is 12.2. The zero-order valence-electron chi connectivity index (χ0n) is 12.2. The van der Waals surface area contributed by atoms with Crippen LogP contribution in [-0.2, 0) is 9.53 Å². The summed E-state index contributed by atoms with van der Waals surface area (Å²) in [4.78, 5) is 24.1. The lowest BCUT2D eigenvalue weighted by molar-refractivity contribution is -0.142. The Morgan fingerprint density at radius 1 is 1.28 bits per heavy atom. The average molecular weight is 259 g/mol. The first-order chi connectivity index (χ1) is 8.03. The Labute approximate surface area is 109 Å². The molecule has 0 aromatic heterocycles. The summed E-state index contributed by atoms with van der Waals surface area (Å²) in [6.07, 6.45) is 0.0557. The minimum atomic E-state index is -0.876. The predicted molar refractivity (Wildman–Crippen MR) is 69.4 cm³/mol. The number of ether oxygens (including phenoxy) is 1. The van der Waals surface area contributed by atoms with Crippen LogP contribution in [0, 0.1) is 11.8 Å². The largest absolute Gasteiger partial charge is 0.481 e. The van der Waals surface area contributed by atoms with Crippen LogP contribution in [0.15, 0.2) is 0 Å². The smallest absolute Gasteiger partial charge is 0.410 e. The maximum absolute atomic E-state index is 11.7. The van der Waals surface area contributed by atoms with Gasteiger partial charge in [0.2, 0.25) is 0 Å². The predicted octanol–water partition coefficient (Wildman–Crippen LogP) is 2.60. The van der Waals surface area contributed by atoms with Crippen LogP contribution >= 0.6 is 0 Å². The molecule has 5 nitrogen and oxygen atoms in total. The highest BCUT2D eigenvalue weighted by Crippen LogP contribution is 2.15. The van der Waals surface area contributed by atoms with Crippen molar-refractivity contribution >= 4 is 12.1 Å². The van der Waals surface area contributed by atoms with Gasteiger partial charge in [0.05, 0.1) is 5.92 Å². The Morgan fingerprint density at radius 3 is 2.11 bits per heavy atom. The van der Waals surface area contributed by atoms with E-state index in [1.165, 1.54) is 4.90 Å². The average Bonchev–Trinajstić information content (AvgIpc) is 2.12. The van der Waals surface area contributed by atoms with E-state index in [0.29, 0.717) is 6.42 Å². The van der Waals surface area contributed by atoms with Crippen molar-refractivity contribution < 1.29 is 19.4 Å². The number of carbonyl (C=O) groups excluding carboxylic acids is 1. The van der Waals surface area contributed by atoms with Gasteiger partial charge in [0, 0.05) is 13.6 Å². The normalized spacial score (nSPS) is 13.3. The van der Waals surface area contributed by atoms with E-state index in [-0.39, 0.29) is 12.5 Å². The molecule has 0 unspecified atom stereocenters. The quantitative estimate of drug-likeness (QED) is 0.824. The zero-order chi connectivity index (χ0) is 14.5. The molecule has 0 aromatic carbocycles. The summed E-state index contributed by atoms with van der Waals surface area (Å²) in [5.41, 5.74) is -0.567. The molecule has 0 aliphatic rings. The van der Waals surface area contributed by atoms with E-state index in [1.807, 2.05) is 13.8 Å². The SMILES string of the molecule is CC(C)C[C@@H](CN(C)C(=O)OC(C)(C)C)C(=O)O. The van der Waals surface area contributed by atoms with Gasteiger partial charge in [-0.2, -0.15) is 0 Å². The highest BCUT2D eigenvalue weighted by Gasteiger charge is 2.25. The van der Waals surface area contributed by atoms with Gasteiger partial charge in [-0.25, -0.2) is 4.79 Å². The van der Waals surface area contributed by atoms with Crippen LogP contribution in [0.1, 0.15) is 41.0 Å². The van der Waals surface area contributed by atoms with Crippen molar-refractivity contribution in [3.63, 3.8) is 0 Å². The summed E-state index contributed by atoms with van der Waals surface area (Å²) >= 11 is 0. The van der Waals surface area contributed by atoms with Crippen LogP contribution in [0.4, 0.5) is 4.79 Å². The van der Waals surface area contributed by atoms with Gasteiger partial charge in [-0.15, -0.1) is 0 Å². The summed E-state index contributed by atoms with van der Waals surface area (Å²) in [6.45, 7) is 9.43. The van der Waals surface area contributed by atoms with Crippen molar-refractivity contribution in [3.8, 4) is 0 Å². The fraction of sp³-hybridized carbons (Fsp3) is 0.846. The monoisotopic (exact) mass is 259 g/mol. The van der Waals surface area contributed by atoms with E-state index < -0.39 is 23.6 Å². The van der Waals surface area contributed by atoms with E-state index in [4.69, 9.17) is 9.84 Å². The molecule has 1 atom stereocenters. The molecular weight excluding hydrogens is 234 g/mol. The molecule has 0 spiro atoms. The second-order valence-corrected chi connectivity index (χ2v) is 6.03. The first kappa shape index (κ1) is 16.7. The summed E-state index contributed by atoms with van der Waals surface area (Å²) in [5, 5.41) is 9.11. The number of carbonyl (C=O) groups is 2. The third-order valence-corrected chi connectivity index (χ3v) is 2.30. The fourth-order valence-corrected chi connectivity index (χ4v) is 1.57. The number of rotatable bonds is 5. The Morgan fingerprint density at radius 2 is 1.78 bits per heavy atom. The summed E-state index contributed by atoms with van der Waals surface area (Å²) in [6, 6.07) is 0. The van der Waals surface area contributed by atoms with E-state index in [9.17, 15) is 9.59 Å². The highest BCUT2D eigenvalue weighted by atomic mass is 16.6. The minimum Gasteiger partial charge on any atom is -0.481 e. The fourth-order valence-electron chi connectivity index (χ4n) is 1.57. The van der Waals surface area contributed by atoms with Gasteiger partial charge in [0.25, 0.3) is 0 Å². The highest BCUT2D eigenvalue weighted by molar-refractivity contribution is 5.72. The van der Waals surface area contributed by atoms with Gasteiger partial charge in [0.1, 0.15) is 5.60 Å². The van der Waals surface area contributed by atoms with E-state index >= 15 is 0 Å².